The number of carbonyl (C=O) groups is 5. The molecule has 2 fully saturated rings. The Morgan fingerprint density at radius 1 is 0.958 bits per heavy atom. The van der Waals surface area contributed by atoms with Crippen LogP contribution in [0.25, 0.3) is 10.4 Å². The topological polar surface area (TPSA) is 194 Å². The summed E-state index contributed by atoms with van der Waals surface area (Å²) in [7, 11) is 0. The van der Waals surface area contributed by atoms with Gasteiger partial charge in [0.2, 0.25) is 17.6 Å². The zero-order valence-corrected chi connectivity index (χ0v) is 42.8. The van der Waals surface area contributed by atoms with Crippen molar-refractivity contribution in [3.8, 4) is 22.3 Å². The maximum Gasteiger partial charge on any atom is 0.417 e. The minimum atomic E-state index is -4.80. The molecule has 2 aliphatic heterocycles. The number of halogens is 3. The van der Waals surface area contributed by atoms with E-state index in [2.05, 4.69) is 15.6 Å². The highest BCUT2D eigenvalue weighted by Gasteiger charge is 2.51. The summed E-state index contributed by atoms with van der Waals surface area (Å²) >= 11 is 7.17. The molecule has 0 saturated carbocycles. The number of nitrogens with one attached hydrogen (secondary N) is 2. The number of hydrogen-bond acceptors (Lipinski definition) is 12. The molecular formula is C52H60F3N7O8S2. The second-order valence-corrected chi connectivity index (χ2v) is 20.6. The van der Waals surface area contributed by atoms with E-state index in [1.807, 2.05) is 31.2 Å². The van der Waals surface area contributed by atoms with E-state index < -0.39 is 75.9 Å². The SMILES string of the molecule is Cc1ncsc1-c1ccc(CNC(=O)[C@@H]2C[C@@H](O)CN2C(=O)C(NC(=O)C(=O)CCCCOCCCCCOc2ccc(N3C(=S)N(c4ccc(C#N)c(C(F)(F)F)c4)C(=O)C3(C)C)cc2)C(C)(C)C)cc1. The van der Waals surface area contributed by atoms with Crippen LogP contribution < -0.4 is 25.2 Å². The first-order chi connectivity index (χ1) is 34.0. The summed E-state index contributed by atoms with van der Waals surface area (Å²) in [6.45, 7) is 11.9. The molecule has 3 N–H and O–H groups in total. The first kappa shape index (κ1) is 55.1. The average molecular weight is 1030 g/mol. The number of amides is 4. The smallest absolute Gasteiger partial charge is 0.417 e. The van der Waals surface area contributed by atoms with Crippen LogP contribution >= 0.6 is 23.6 Å². The van der Waals surface area contributed by atoms with Gasteiger partial charge in [-0.2, -0.15) is 18.4 Å². The molecule has 72 heavy (non-hydrogen) atoms. The van der Waals surface area contributed by atoms with E-state index in [1.165, 1.54) is 11.0 Å². The molecule has 2 aliphatic rings. The first-order valence-corrected chi connectivity index (χ1v) is 25.0. The summed E-state index contributed by atoms with van der Waals surface area (Å²) in [5.41, 5.74) is 1.29. The maximum atomic E-state index is 14.0. The molecule has 1 unspecified atom stereocenters. The highest BCUT2D eigenvalue weighted by molar-refractivity contribution is 7.81. The van der Waals surface area contributed by atoms with Gasteiger partial charge in [-0.1, -0.05) is 45.0 Å². The molecule has 3 atom stereocenters. The van der Waals surface area contributed by atoms with Gasteiger partial charge >= 0.3 is 6.18 Å². The summed E-state index contributed by atoms with van der Waals surface area (Å²) in [6.07, 6.45) is -2.49. The lowest BCUT2D eigenvalue weighted by Gasteiger charge is -2.35. The largest absolute Gasteiger partial charge is 0.494 e. The monoisotopic (exact) mass is 1030 g/mol. The number of benzene rings is 3. The fourth-order valence-corrected chi connectivity index (χ4v) is 9.85. The van der Waals surface area contributed by atoms with E-state index in [9.17, 15) is 47.5 Å². The molecular weight excluding hydrogens is 972 g/mol. The van der Waals surface area contributed by atoms with Gasteiger partial charge in [0.1, 0.15) is 23.4 Å². The lowest BCUT2D eigenvalue weighted by molar-refractivity contribution is -0.146. The van der Waals surface area contributed by atoms with Crippen molar-refractivity contribution in [1.82, 2.24) is 20.5 Å². The third-order valence-corrected chi connectivity index (χ3v) is 13.9. The molecule has 4 amide bonds. The molecule has 2 saturated heterocycles. The van der Waals surface area contributed by atoms with Crippen molar-refractivity contribution in [2.45, 2.75) is 123 Å². The fourth-order valence-electron chi connectivity index (χ4n) is 8.52. The quantitative estimate of drug-likeness (QED) is 0.0414. The Bertz CT molecular complexity index is 2660. The Morgan fingerprint density at radius 2 is 1.61 bits per heavy atom. The predicted molar refractivity (Wildman–Crippen MR) is 270 cm³/mol. The van der Waals surface area contributed by atoms with Crippen LogP contribution in [0.4, 0.5) is 24.5 Å². The van der Waals surface area contributed by atoms with Gasteiger partial charge in [0.15, 0.2) is 5.11 Å². The van der Waals surface area contributed by atoms with Gasteiger partial charge in [-0.15, -0.1) is 11.3 Å². The second-order valence-electron chi connectivity index (χ2n) is 19.4. The Hall–Kier alpha value is -6.27. The third-order valence-electron chi connectivity index (χ3n) is 12.5. The molecule has 3 aromatic carbocycles. The van der Waals surface area contributed by atoms with Gasteiger partial charge in [0.25, 0.3) is 11.8 Å². The molecule has 0 radical (unpaired) electrons. The summed E-state index contributed by atoms with van der Waals surface area (Å²) in [6, 6.07) is 17.1. The number of thiazole rings is 1. The van der Waals surface area contributed by atoms with Gasteiger partial charge < -0.3 is 35.0 Å². The normalized spacial score (nSPS) is 17.2. The number of aliphatic hydroxyl groups excluding tert-OH is 1. The predicted octanol–water partition coefficient (Wildman–Crippen LogP) is 8.04. The summed E-state index contributed by atoms with van der Waals surface area (Å²) in [5.74, 6) is -2.50. The number of aliphatic hydroxyl groups is 1. The molecule has 3 heterocycles. The number of rotatable bonds is 21. The zero-order chi connectivity index (χ0) is 52.5. The minimum Gasteiger partial charge on any atom is -0.494 e. The number of unbranched alkanes of at least 4 members (excludes halogenated alkanes) is 3. The molecule has 6 rings (SSSR count). The molecule has 0 spiro atoms. The number of thiocarbonyl (C=S) groups is 1. The van der Waals surface area contributed by atoms with Crippen LogP contribution in [0.15, 0.2) is 72.2 Å². The summed E-state index contributed by atoms with van der Waals surface area (Å²) in [5, 5.41) is 25.3. The number of nitrogens with zero attached hydrogens (tertiary/aromatic N) is 5. The molecule has 1 aromatic heterocycles. The number of aryl methyl sites for hydroxylation is 1. The van der Waals surface area contributed by atoms with E-state index >= 15 is 0 Å². The van der Waals surface area contributed by atoms with Crippen LogP contribution in [-0.4, -0.2) is 99.6 Å². The van der Waals surface area contributed by atoms with Crippen LogP contribution in [-0.2, 0) is 41.4 Å². The number of Topliss-reactive ketones (excluding diaryl/α,β-unsaturated/α-hetero) is 1. The standard InChI is InChI=1S/C52H60F3N7O8S2/c1-32-43(72-31-58-32)34-15-13-33(14-16-34)29-57-45(65)41-27-38(63)30-60(41)47(67)44(50(2,3)4)59-46(66)42(64)12-8-11-24-69-23-9-7-10-25-70-39-21-19-36(20-22-39)62-49(71)61(48(68)51(62,5)6)37-18-17-35(28-56)40(26-37)52(53,54)55/h13-22,26,31,38,41,44,63H,7-12,23-25,27,29-30H2,1-6H3,(H,57,65)(H,59,66)/t38-,41+,44?/m1/s1. The molecule has 0 aliphatic carbocycles. The second kappa shape index (κ2) is 23.5. The number of ketones is 1. The molecule has 4 aromatic rings. The minimum absolute atomic E-state index is 0.00774. The number of ether oxygens (including phenoxy) is 2. The summed E-state index contributed by atoms with van der Waals surface area (Å²) in [4.78, 5) is 76.2. The zero-order valence-electron chi connectivity index (χ0n) is 41.1. The summed E-state index contributed by atoms with van der Waals surface area (Å²) < 4.78 is 52.8. The average Bonchev–Trinajstić information content (AvgIpc) is 4.00. The molecule has 0 bridgehead atoms. The Kier molecular flexibility index (Phi) is 18.0. The molecule has 384 valence electrons. The van der Waals surface area contributed by atoms with Crippen molar-refractivity contribution in [3.05, 3.63) is 94.6 Å². The number of alkyl halides is 3. The number of β-amino-alcohol motifs (C(OH)–C–C–N with tert-alkyl or cyclic N) is 1. The molecule has 15 nitrogen and oxygen atoms in total. The van der Waals surface area contributed by atoms with E-state index in [1.54, 1.807) is 86.7 Å². The van der Waals surface area contributed by atoms with Crippen molar-refractivity contribution in [1.29, 1.82) is 5.26 Å². The number of anilines is 2. The number of likely N-dealkylation sites (tertiary alicyclic amines) is 1. The van der Waals surface area contributed by atoms with Gasteiger partial charge in [0, 0.05) is 44.8 Å². The van der Waals surface area contributed by atoms with Crippen molar-refractivity contribution in [2.75, 3.05) is 36.2 Å². The van der Waals surface area contributed by atoms with E-state index in [-0.39, 0.29) is 36.7 Å². The van der Waals surface area contributed by atoms with E-state index in [4.69, 9.17) is 21.7 Å². The van der Waals surface area contributed by atoms with Crippen molar-refractivity contribution in [3.63, 3.8) is 0 Å². The fraction of sp³-hybridized carbons (Fsp3) is 0.462. The van der Waals surface area contributed by atoms with Crippen molar-refractivity contribution < 1.29 is 51.7 Å². The van der Waals surface area contributed by atoms with E-state index in [0.29, 0.717) is 44.1 Å². The van der Waals surface area contributed by atoms with Crippen LogP contribution in [0.2, 0.25) is 0 Å². The highest BCUT2D eigenvalue weighted by atomic mass is 32.1. The van der Waals surface area contributed by atoms with Gasteiger partial charge in [-0.05, 0) is 124 Å². The maximum absolute atomic E-state index is 14.0. The first-order valence-electron chi connectivity index (χ1n) is 23.7. The lowest BCUT2D eigenvalue weighted by atomic mass is 9.85. The van der Waals surface area contributed by atoms with Gasteiger partial charge in [0.05, 0.1) is 51.7 Å². The number of nitriles is 1. The Morgan fingerprint density at radius 3 is 2.24 bits per heavy atom. The third kappa shape index (κ3) is 13.2. The van der Waals surface area contributed by atoms with Crippen LogP contribution in [0.3, 0.4) is 0 Å². The van der Waals surface area contributed by atoms with Crippen molar-refractivity contribution in [2.24, 2.45) is 5.41 Å². The molecule has 20 heteroatoms. The van der Waals surface area contributed by atoms with Gasteiger partial charge in [-0.25, -0.2) is 4.98 Å². The Balaban J connectivity index is 0.866. The highest BCUT2D eigenvalue weighted by Crippen LogP contribution is 2.40. The lowest BCUT2D eigenvalue weighted by Crippen LogP contribution is -2.58. The van der Waals surface area contributed by atoms with Crippen LogP contribution in [0.5, 0.6) is 5.75 Å². The number of aromatic nitrogens is 1. The van der Waals surface area contributed by atoms with Crippen LogP contribution in [0.1, 0.15) is 102 Å². The Labute approximate surface area is 426 Å². The number of carbonyl (C=O) groups excluding carboxylic acids is 5. The number of hydrogen-bond donors (Lipinski definition) is 3. The van der Waals surface area contributed by atoms with Crippen LogP contribution in [0, 0.1) is 23.7 Å². The van der Waals surface area contributed by atoms with Crippen molar-refractivity contribution >= 4 is 69.5 Å². The van der Waals surface area contributed by atoms with Gasteiger partial charge in [-0.3, -0.25) is 28.9 Å². The van der Waals surface area contributed by atoms with E-state index in [0.717, 1.165) is 58.0 Å².